The third kappa shape index (κ3) is 2.52. The van der Waals surface area contributed by atoms with Crippen LogP contribution in [0.1, 0.15) is 31.1 Å². The summed E-state index contributed by atoms with van der Waals surface area (Å²) in [5.74, 6) is -2.76. The number of imide groups is 1. The normalized spacial score (nSPS) is 14.0. The van der Waals surface area contributed by atoms with Gasteiger partial charge in [0.2, 0.25) is 10.0 Å². The van der Waals surface area contributed by atoms with Gasteiger partial charge in [-0.25, -0.2) is 18.4 Å². The number of rotatable bonds is 3. The fraction of sp³-hybridized carbons (Fsp3) is 0. The monoisotopic (exact) mass is 352 g/mol. The maximum atomic E-state index is 12.1. The Bertz CT molecular complexity index is 912. The van der Waals surface area contributed by atoms with Crippen LogP contribution in [0.25, 0.3) is 0 Å². The molecule has 118 valence electrons. The second-order valence-corrected chi connectivity index (χ2v) is 7.17. The molecule has 0 bridgehead atoms. The summed E-state index contributed by atoms with van der Waals surface area (Å²) in [7, 11) is -4.12. The molecular formula is C13H8N2O6S2. The van der Waals surface area contributed by atoms with Crippen LogP contribution in [0.5, 0.6) is 0 Å². The fourth-order valence-electron chi connectivity index (χ4n) is 2.05. The summed E-state index contributed by atoms with van der Waals surface area (Å²) in [6, 6.07) is 7.15. The van der Waals surface area contributed by atoms with Crippen LogP contribution in [-0.4, -0.2) is 31.3 Å². The molecule has 2 amide bonds. The van der Waals surface area contributed by atoms with Crippen molar-refractivity contribution < 1.29 is 27.6 Å². The molecule has 0 atom stereocenters. The maximum absolute atomic E-state index is 12.1. The Morgan fingerprint density at radius 3 is 2.17 bits per heavy atom. The average Bonchev–Trinajstić information content (AvgIpc) is 3.08. The van der Waals surface area contributed by atoms with Crippen LogP contribution < -0.4 is 5.14 Å². The van der Waals surface area contributed by atoms with Gasteiger partial charge in [-0.05, 0) is 23.6 Å². The van der Waals surface area contributed by atoms with Crippen LogP contribution in [0.2, 0.25) is 0 Å². The van der Waals surface area contributed by atoms with E-state index in [2.05, 4.69) is 0 Å². The van der Waals surface area contributed by atoms with Crippen molar-refractivity contribution in [3.05, 3.63) is 52.4 Å². The van der Waals surface area contributed by atoms with Gasteiger partial charge in [0.05, 0.1) is 16.7 Å². The van der Waals surface area contributed by atoms with Crippen LogP contribution in [0.4, 0.5) is 0 Å². The van der Waals surface area contributed by atoms with Crippen molar-refractivity contribution in [2.45, 2.75) is 4.21 Å². The number of benzene rings is 1. The third-order valence-electron chi connectivity index (χ3n) is 3.04. The van der Waals surface area contributed by atoms with E-state index in [4.69, 9.17) is 9.98 Å². The van der Waals surface area contributed by atoms with E-state index in [1.54, 1.807) is 12.1 Å². The van der Waals surface area contributed by atoms with Crippen molar-refractivity contribution >= 4 is 39.1 Å². The molecule has 8 nitrogen and oxygen atoms in total. The van der Waals surface area contributed by atoms with Gasteiger partial charge in [0, 0.05) is 0 Å². The molecule has 0 saturated carbocycles. The standard InChI is InChI=1S/C13H8N2O6S2/c14-23(19,20)13-9(5-6-22-13)12(18)21-15-10(16)7-3-1-2-4-8(7)11(15)17/h1-6H,(H2,14,19,20). The topological polar surface area (TPSA) is 124 Å². The quantitative estimate of drug-likeness (QED) is 0.814. The maximum Gasteiger partial charge on any atom is 0.366 e. The van der Waals surface area contributed by atoms with Crippen molar-refractivity contribution in [2.24, 2.45) is 5.14 Å². The summed E-state index contributed by atoms with van der Waals surface area (Å²) >= 11 is 0.729. The van der Waals surface area contributed by atoms with Crippen molar-refractivity contribution in [3.8, 4) is 0 Å². The second kappa shape index (κ2) is 5.26. The molecule has 0 fully saturated rings. The third-order valence-corrected chi connectivity index (χ3v) is 5.47. The number of amides is 2. The molecule has 0 unspecified atom stereocenters. The number of nitrogens with two attached hydrogens (primary N) is 1. The van der Waals surface area contributed by atoms with Crippen LogP contribution in [-0.2, 0) is 14.9 Å². The lowest BCUT2D eigenvalue weighted by molar-refractivity contribution is -0.0586. The van der Waals surface area contributed by atoms with Crippen molar-refractivity contribution in [2.75, 3.05) is 0 Å². The molecular weight excluding hydrogens is 344 g/mol. The summed E-state index contributed by atoms with van der Waals surface area (Å²) < 4.78 is 22.4. The van der Waals surface area contributed by atoms with Gasteiger partial charge >= 0.3 is 5.97 Å². The van der Waals surface area contributed by atoms with Crippen LogP contribution in [0.3, 0.4) is 0 Å². The van der Waals surface area contributed by atoms with E-state index in [-0.39, 0.29) is 16.7 Å². The number of sulfonamides is 1. The Labute approximate surface area is 134 Å². The number of hydroxylamine groups is 2. The lowest BCUT2D eigenvalue weighted by Gasteiger charge is -2.12. The first-order valence-corrected chi connectivity index (χ1v) is 8.53. The van der Waals surface area contributed by atoms with Gasteiger partial charge in [0.15, 0.2) is 0 Å². The van der Waals surface area contributed by atoms with E-state index in [1.165, 1.54) is 23.6 Å². The molecule has 0 spiro atoms. The number of thiophene rings is 1. The molecule has 1 aromatic carbocycles. The zero-order chi connectivity index (χ0) is 16.8. The first-order valence-electron chi connectivity index (χ1n) is 6.11. The van der Waals surface area contributed by atoms with E-state index in [9.17, 15) is 22.8 Å². The van der Waals surface area contributed by atoms with Gasteiger partial charge in [-0.15, -0.1) is 11.3 Å². The minimum absolute atomic E-state index is 0.0993. The molecule has 1 aliphatic rings. The summed E-state index contributed by atoms with van der Waals surface area (Å²) in [4.78, 5) is 41.0. The average molecular weight is 352 g/mol. The lowest BCUT2D eigenvalue weighted by Crippen LogP contribution is -2.33. The van der Waals surface area contributed by atoms with E-state index in [0.717, 1.165) is 11.3 Å². The van der Waals surface area contributed by atoms with E-state index >= 15 is 0 Å². The van der Waals surface area contributed by atoms with E-state index < -0.39 is 32.0 Å². The van der Waals surface area contributed by atoms with Crippen molar-refractivity contribution in [1.29, 1.82) is 0 Å². The van der Waals surface area contributed by atoms with Crippen LogP contribution >= 0.6 is 11.3 Å². The first kappa shape index (κ1) is 15.3. The Kier molecular flexibility index (Phi) is 3.51. The van der Waals surface area contributed by atoms with Gasteiger partial charge < -0.3 is 4.84 Å². The first-order chi connectivity index (χ1) is 10.8. The van der Waals surface area contributed by atoms with E-state index in [0.29, 0.717) is 5.06 Å². The smallest absolute Gasteiger partial charge is 0.324 e. The van der Waals surface area contributed by atoms with Gasteiger partial charge in [-0.3, -0.25) is 9.59 Å². The predicted molar refractivity (Wildman–Crippen MR) is 78.0 cm³/mol. The Hall–Kier alpha value is -2.56. The fourth-order valence-corrected chi connectivity index (χ4v) is 3.82. The van der Waals surface area contributed by atoms with Crippen molar-refractivity contribution in [3.63, 3.8) is 0 Å². The number of carbonyl (C=O) groups is 3. The molecule has 10 heteroatoms. The number of carbonyl (C=O) groups excluding carboxylic acids is 3. The predicted octanol–water partition coefficient (Wildman–Crippen LogP) is 0.764. The largest absolute Gasteiger partial charge is 0.366 e. The van der Waals surface area contributed by atoms with Crippen LogP contribution in [0, 0.1) is 0 Å². The van der Waals surface area contributed by atoms with Crippen molar-refractivity contribution in [1.82, 2.24) is 5.06 Å². The zero-order valence-corrected chi connectivity index (χ0v) is 12.9. The number of hydrogen-bond acceptors (Lipinski definition) is 7. The van der Waals surface area contributed by atoms with Crippen LogP contribution in [0.15, 0.2) is 39.9 Å². The minimum Gasteiger partial charge on any atom is -0.324 e. The summed E-state index contributed by atoms with van der Waals surface area (Å²) in [6.45, 7) is 0. The Balaban J connectivity index is 1.90. The number of hydrogen-bond donors (Lipinski definition) is 1. The highest BCUT2D eigenvalue weighted by Crippen LogP contribution is 2.26. The van der Waals surface area contributed by atoms with Gasteiger partial charge in [-0.1, -0.05) is 17.2 Å². The Morgan fingerprint density at radius 2 is 1.65 bits per heavy atom. The number of primary sulfonamides is 1. The highest BCUT2D eigenvalue weighted by Gasteiger charge is 2.39. The molecule has 1 aliphatic heterocycles. The molecule has 3 rings (SSSR count). The van der Waals surface area contributed by atoms with Gasteiger partial charge in [0.25, 0.3) is 11.8 Å². The SMILES string of the molecule is NS(=O)(=O)c1sccc1C(=O)ON1C(=O)c2ccccc2C1=O. The molecule has 0 radical (unpaired) electrons. The number of nitrogens with zero attached hydrogens (tertiary/aromatic N) is 1. The molecule has 23 heavy (non-hydrogen) atoms. The minimum atomic E-state index is -4.12. The Morgan fingerprint density at radius 1 is 1.09 bits per heavy atom. The zero-order valence-electron chi connectivity index (χ0n) is 11.3. The highest BCUT2D eigenvalue weighted by atomic mass is 32.2. The second-order valence-electron chi connectivity index (χ2n) is 4.50. The molecule has 0 aliphatic carbocycles. The molecule has 2 N–H and O–H groups in total. The molecule has 1 aromatic heterocycles. The number of fused-ring (bicyclic) bond motifs is 1. The summed E-state index contributed by atoms with van der Waals surface area (Å²) in [5.41, 5.74) is -0.140. The summed E-state index contributed by atoms with van der Waals surface area (Å²) in [5, 5.41) is 6.63. The molecule has 0 saturated heterocycles. The van der Waals surface area contributed by atoms with Gasteiger partial charge in [-0.2, -0.15) is 0 Å². The van der Waals surface area contributed by atoms with Gasteiger partial charge in [0.1, 0.15) is 4.21 Å². The lowest BCUT2D eigenvalue weighted by atomic mass is 10.1. The van der Waals surface area contributed by atoms with E-state index in [1.807, 2.05) is 0 Å². The molecule has 2 aromatic rings. The highest BCUT2D eigenvalue weighted by molar-refractivity contribution is 7.91. The summed E-state index contributed by atoms with van der Waals surface area (Å²) in [6.07, 6.45) is 0. The molecule has 2 heterocycles.